The van der Waals surface area contributed by atoms with Gasteiger partial charge in [-0.15, -0.1) is 0 Å². The molecule has 0 radical (unpaired) electrons. The first-order valence-corrected chi connectivity index (χ1v) is 7.42. The minimum atomic E-state index is 0.363. The van der Waals surface area contributed by atoms with E-state index in [4.69, 9.17) is 0 Å². The zero-order chi connectivity index (χ0) is 14.5. The molecule has 0 saturated carbocycles. The Kier molecular flexibility index (Phi) is 5.61. The van der Waals surface area contributed by atoms with Crippen LogP contribution in [0.15, 0.2) is 30.3 Å². The van der Waals surface area contributed by atoms with Crippen LogP contribution in [0.25, 0.3) is 0 Å². The van der Waals surface area contributed by atoms with Crippen molar-refractivity contribution in [2.45, 2.75) is 48.0 Å². The van der Waals surface area contributed by atoms with E-state index >= 15 is 0 Å². The Morgan fingerprint density at radius 1 is 0.789 bits per heavy atom. The minimum absolute atomic E-state index is 0.363. The zero-order valence-corrected chi connectivity index (χ0v) is 13.7. The monoisotopic (exact) mass is 261 g/mol. The molecule has 108 valence electrons. The second-order valence-corrected chi connectivity index (χ2v) is 8.07. The van der Waals surface area contributed by atoms with Gasteiger partial charge in [0, 0.05) is 19.6 Å². The quantitative estimate of drug-likeness (QED) is 0.747. The van der Waals surface area contributed by atoms with Crippen LogP contribution in [0.1, 0.15) is 47.1 Å². The highest BCUT2D eigenvalue weighted by atomic mass is 15.1. The summed E-state index contributed by atoms with van der Waals surface area (Å²) in [6.45, 7) is 17.4. The molecule has 0 unspecified atom stereocenters. The first-order chi connectivity index (χ1) is 8.66. The molecule has 0 aliphatic carbocycles. The average Bonchev–Trinajstić information content (AvgIpc) is 2.23. The minimum Gasteiger partial charge on any atom is -0.302 e. The van der Waals surface area contributed by atoms with Crippen molar-refractivity contribution >= 4 is 0 Å². The lowest BCUT2D eigenvalue weighted by Gasteiger charge is -2.34. The van der Waals surface area contributed by atoms with E-state index in [1.54, 1.807) is 0 Å². The predicted octanol–water partition coefficient (Wildman–Crippen LogP) is 4.62. The molecule has 0 fully saturated rings. The Morgan fingerprint density at radius 3 is 1.68 bits per heavy atom. The van der Waals surface area contributed by atoms with Crippen LogP contribution >= 0.6 is 0 Å². The molecule has 0 atom stereocenters. The normalized spacial score (nSPS) is 13.0. The fourth-order valence-electron chi connectivity index (χ4n) is 2.49. The van der Waals surface area contributed by atoms with Gasteiger partial charge in [0.25, 0.3) is 0 Å². The van der Waals surface area contributed by atoms with Crippen LogP contribution in [-0.2, 0) is 6.42 Å². The van der Waals surface area contributed by atoms with Crippen molar-refractivity contribution in [3.8, 4) is 0 Å². The van der Waals surface area contributed by atoms with Crippen molar-refractivity contribution in [3.05, 3.63) is 35.9 Å². The lowest BCUT2D eigenvalue weighted by molar-refractivity contribution is 0.143. The van der Waals surface area contributed by atoms with Gasteiger partial charge in [-0.2, -0.15) is 0 Å². The molecule has 1 aromatic carbocycles. The van der Waals surface area contributed by atoms with Crippen molar-refractivity contribution in [2.24, 2.45) is 10.8 Å². The highest BCUT2D eigenvalue weighted by molar-refractivity contribution is 5.14. The predicted molar refractivity (Wildman–Crippen MR) is 85.5 cm³/mol. The average molecular weight is 261 g/mol. The van der Waals surface area contributed by atoms with Crippen LogP contribution in [0, 0.1) is 10.8 Å². The van der Waals surface area contributed by atoms with E-state index in [-0.39, 0.29) is 0 Å². The summed E-state index contributed by atoms with van der Waals surface area (Å²) in [7, 11) is 0. The third kappa shape index (κ3) is 8.05. The van der Waals surface area contributed by atoms with Crippen molar-refractivity contribution in [2.75, 3.05) is 19.6 Å². The highest BCUT2D eigenvalue weighted by Crippen LogP contribution is 2.21. The summed E-state index contributed by atoms with van der Waals surface area (Å²) < 4.78 is 0. The maximum atomic E-state index is 2.62. The topological polar surface area (TPSA) is 3.24 Å². The molecule has 1 aromatic rings. The van der Waals surface area contributed by atoms with Crippen LogP contribution in [0.2, 0.25) is 0 Å². The molecule has 0 aliphatic heterocycles. The van der Waals surface area contributed by atoms with Gasteiger partial charge in [-0.25, -0.2) is 0 Å². The standard InChI is InChI=1S/C18H31N/c1-17(2,3)14-19(15-18(4,5)6)13-12-16-10-8-7-9-11-16/h7-11H,12-15H2,1-6H3. The smallest absolute Gasteiger partial charge is 0.00304 e. The fraction of sp³-hybridized carbons (Fsp3) is 0.667. The van der Waals surface area contributed by atoms with Crippen LogP contribution in [0.5, 0.6) is 0 Å². The van der Waals surface area contributed by atoms with Crippen molar-refractivity contribution in [1.29, 1.82) is 0 Å². The van der Waals surface area contributed by atoms with Gasteiger partial charge in [0.1, 0.15) is 0 Å². The lowest BCUT2D eigenvalue weighted by atomic mass is 9.92. The number of hydrogen-bond donors (Lipinski definition) is 0. The Labute approximate surface area is 120 Å². The van der Waals surface area contributed by atoms with Crippen LogP contribution in [0.3, 0.4) is 0 Å². The van der Waals surface area contributed by atoms with E-state index in [2.05, 4.69) is 76.8 Å². The summed E-state index contributed by atoms with van der Waals surface area (Å²) in [5.41, 5.74) is 2.17. The Morgan fingerprint density at radius 2 is 1.26 bits per heavy atom. The summed E-state index contributed by atoms with van der Waals surface area (Å²) in [6.07, 6.45) is 1.15. The molecule has 0 saturated heterocycles. The fourth-order valence-corrected chi connectivity index (χ4v) is 2.49. The van der Waals surface area contributed by atoms with Gasteiger partial charge in [0.05, 0.1) is 0 Å². The SMILES string of the molecule is CC(C)(C)CN(CCc1ccccc1)CC(C)(C)C. The molecule has 0 aliphatic rings. The van der Waals surface area contributed by atoms with Gasteiger partial charge in [0.15, 0.2) is 0 Å². The van der Waals surface area contributed by atoms with Gasteiger partial charge in [-0.1, -0.05) is 71.9 Å². The molecule has 1 rings (SSSR count). The van der Waals surface area contributed by atoms with Crippen molar-refractivity contribution in [3.63, 3.8) is 0 Å². The van der Waals surface area contributed by atoms with E-state index in [0.717, 1.165) is 26.1 Å². The number of hydrogen-bond acceptors (Lipinski definition) is 1. The van der Waals surface area contributed by atoms with Gasteiger partial charge >= 0.3 is 0 Å². The first kappa shape index (κ1) is 16.2. The molecular formula is C18H31N. The molecule has 0 aromatic heterocycles. The maximum absolute atomic E-state index is 2.62. The molecule has 0 spiro atoms. The first-order valence-electron chi connectivity index (χ1n) is 7.42. The molecule has 0 heterocycles. The maximum Gasteiger partial charge on any atom is 0.00304 e. The zero-order valence-electron chi connectivity index (χ0n) is 13.7. The molecule has 19 heavy (non-hydrogen) atoms. The van der Waals surface area contributed by atoms with Crippen LogP contribution in [0.4, 0.5) is 0 Å². The van der Waals surface area contributed by atoms with E-state index in [1.165, 1.54) is 5.56 Å². The molecule has 0 amide bonds. The van der Waals surface area contributed by atoms with Crippen LogP contribution in [-0.4, -0.2) is 24.5 Å². The van der Waals surface area contributed by atoms with Gasteiger partial charge in [-0.3, -0.25) is 0 Å². The Bertz CT molecular complexity index is 338. The van der Waals surface area contributed by atoms with Gasteiger partial charge in [-0.05, 0) is 22.8 Å². The summed E-state index contributed by atoms with van der Waals surface area (Å²) in [4.78, 5) is 2.62. The van der Waals surface area contributed by atoms with E-state index in [1.807, 2.05) is 0 Å². The third-order valence-electron chi connectivity index (χ3n) is 2.96. The molecule has 1 heteroatoms. The molecular weight excluding hydrogens is 230 g/mol. The summed E-state index contributed by atoms with van der Waals surface area (Å²) in [5, 5.41) is 0. The Hall–Kier alpha value is -0.820. The van der Waals surface area contributed by atoms with Gasteiger partial charge < -0.3 is 4.90 Å². The molecule has 1 nitrogen and oxygen atoms in total. The van der Waals surface area contributed by atoms with Gasteiger partial charge in [0.2, 0.25) is 0 Å². The number of nitrogens with zero attached hydrogens (tertiary/aromatic N) is 1. The molecule has 0 N–H and O–H groups in total. The number of rotatable bonds is 5. The molecule has 0 bridgehead atoms. The summed E-state index contributed by atoms with van der Waals surface area (Å²) >= 11 is 0. The van der Waals surface area contributed by atoms with Crippen molar-refractivity contribution < 1.29 is 0 Å². The Balaban J connectivity index is 2.59. The second kappa shape index (κ2) is 6.56. The number of benzene rings is 1. The van der Waals surface area contributed by atoms with E-state index in [9.17, 15) is 0 Å². The second-order valence-electron chi connectivity index (χ2n) is 8.07. The van der Waals surface area contributed by atoms with Crippen LogP contribution < -0.4 is 0 Å². The van der Waals surface area contributed by atoms with Crippen molar-refractivity contribution in [1.82, 2.24) is 4.90 Å². The van der Waals surface area contributed by atoms with E-state index in [0.29, 0.717) is 10.8 Å². The van der Waals surface area contributed by atoms with E-state index < -0.39 is 0 Å². The summed E-state index contributed by atoms with van der Waals surface area (Å²) in [5.74, 6) is 0. The summed E-state index contributed by atoms with van der Waals surface area (Å²) in [6, 6.07) is 10.8. The highest BCUT2D eigenvalue weighted by Gasteiger charge is 2.21. The largest absolute Gasteiger partial charge is 0.302 e. The third-order valence-corrected chi connectivity index (χ3v) is 2.96. The lowest BCUT2D eigenvalue weighted by Crippen LogP contribution is -2.39.